The third kappa shape index (κ3) is 3.85. The minimum absolute atomic E-state index is 0.115. The number of alkyl halides is 3. The average Bonchev–Trinajstić information content (AvgIpc) is 3.21. The van der Waals surface area contributed by atoms with Crippen LogP contribution < -0.4 is 0 Å². The number of aromatic amines is 1. The molecule has 1 saturated carbocycles. The first-order valence-electron chi connectivity index (χ1n) is 10.9. The van der Waals surface area contributed by atoms with Gasteiger partial charge in [0.1, 0.15) is 11.6 Å². The molecule has 0 bridgehead atoms. The molecule has 166 valence electrons. The molecule has 1 fully saturated rings. The zero-order valence-corrected chi connectivity index (χ0v) is 17.6. The van der Waals surface area contributed by atoms with Gasteiger partial charge >= 0.3 is 6.18 Å². The molecule has 0 spiro atoms. The highest BCUT2D eigenvalue weighted by Gasteiger charge is 2.32. The quantitative estimate of drug-likeness (QED) is 0.338. The monoisotopic (exact) mass is 441 g/mol. The van der Waals surface area contributed by atoms with E-state index in [-0.39, 0.29) is 11.7 Å². The topological polar surface area (TPSA) is 41.6 Å². The highest BCUT2D eigenvalue weighted by Crippen LogP contribution is 2.43. The van der Waals surface area contributed by atoms with Crippen molar-refractivity contribution < 1.29 is 17.6 Å². The molecule has 2 aromatic carbocycles. The zero-order chi connectivity index (χ0) is 22.5. The second-order valence-electron chi connectivity index (χ2n) is 8.81. The molecule has 2 heterocycles. The zero-order valence-electron chi connectivity index (χ0n) is 17.6. The van der Waals surface area contributed by atoms with Gasteiger partial charge in [-0.1, -0.05) is 6.92 Å². The number of imidazole rings is 1. The lowest BCUT2D eigenvalue weighted by Gasteiger charge is -2.32. The van der Waals surface area contributed by atoms with Gasteiger partial charge in [-0.2, -0.15) is 13.2 Å². The van der Waals surface area contributed by atoms with E-state index in [9.17, 15) is 17.6 Å². The third-order valence-corrected chi connectivity index (χ3v) is 6.92. The van der Waals surface area contributed by atoms with Crippen LogP contribution in [-0.2, 0) is 6.18 Å². The summed E-state index contributed by atoms with van der Waals surface area (Å²) < 4.78 is 52.8. The van der Waals surface area contributed by atoms with Crippen molar-refractivity contribution in [2.45, 2.75) is 50.6 Å². The summed E-state index contributed by atoms with van der Waals surface area (Å²) in [5.74, 6) is 1.32. The van der Waals surface area contributed by atoms with Gasteiger partial charge in [0.2, 0.25) is 0 Å². The predicted molar refractivity (Wildman–Crippen MR) is 116 cm³/mol. The van der Waals surface area contributed by atoms with Gasteiger partial charge in [0.25, 0.3) is 0 Å². The summed E-state index contributed by atoms with van der Waals surface area (Å²) in [7, 11) is 0. The molecule has 0 saturated heterocycles. The number of fused-ring (bicyclic) bond motifs is 2. The molecule has 5 rings (SSSR count). The molecule has 1 aliphatic carbocycles. The first-order valence-corrected chi connectivity index (χ1v) is 10.9. The van der Waals surface area contributed by atoms with Gasteiger partial charge in [0.15, 0.2) is 0 Å². The van der Waals surface area contributed by atoms with Crippen LogP contribution in [-0.4, -0.2) is 15.0 Å². The van der Waals surface area contributed by atoms with E-state index >= 15 is 0 Å². The Labute approximate surface area is 182 Å². The number of hydrogen-bond donors (Lipinski definition) is 1. The molecule has 0 radical (unpaired) electrons. The Morgan fingerprint density at radius 1 is 0.969 bits per heavy atom. The van der Waals surface area contributed by atoms with Crippen molar-refractivity contribution >= 4 is 21.9 Å². The van der Waals surface area contributed by atoms with Crippen LogP contribution in [0.2, 0.25) is 0 Å². The Morgan fingerprint density at radius 3 is 2.50 bits per heavy atom. The van der Waals surface area contributed by atoms with Crippen molar-refractivity contribution in [1.29, 1.82) is 0 Å². The standard InChI is InChI=1S/C25H23F4N3/c1-14(24-31-22-8-6-17(25(27,28)29)12-23(22)32-24)15-2-4-16(5-3-15)19-10-11-30-21-9-7-18(26)13-20(19)21/h6-16H,2-5H2,1H3,(H,31,32)/t14-,15-,16+/m1/s1. The SMILES string of the molecule is C[C@@H](c1nc2cc(C(F)(F)F)ccc2[nH]1)[C@H]1CC[C@@H](c2ccnc3ccc(F)cc32)CC1. The van der Waals surface area contributed by atoms with Crippen LogP contribution in [0.3, 0.4) is 0 Å². The molecule has 4 aromatic rings. The molecule has 32 heavy (non-hydrogen) atoms. The maximum Gasteiger partial charge on any atom is 0.416 e. The van der Waals surface area contributed by atoms with Crippen molar-refractivity contribution in [2.24, 2.45) is 5.92 Å². The lowest BCUT2D eigenvalue weighted by molar-refractivity contribution is -0.137. The van der Waals surface area contributed by atoms with E-state index in [1.165, 1.54) is 12.1 Å². The van der Waals surface area contributed by atoms with Crippen LogP contribution in [0, 0.1) is 11.7 Å². The first-order chi connectivity index (χ1) is 15.3. The second kappa shape index (κ2) is 7.87. The minimum Gasteiger partial charge on any atom is -0.342 e. The highest BCUT2D eigenvalue weighted by atomic mass is 19.4. The van der Waals surface area contributed by atoms with Crippen molar-refractivity contribution in [3.8, 4) is 0 Å². The molecule has 3 nitrogen and oxygen atoms in total. The molecule has 0 amide bonds. The van der Waals surface area contributed by atoms with Gasteiger partial charge in [-0.25, -0.2) is 9.37 Å². The summed E-state index contributed by atoms with van der Waals surface area (Å²) in [4.78, 5) is 12.1. The largest absolute Gasteiger partial charge is 0.416 e. The maximum absolute atomic E-state index is 13.8. The summed E-state index contributed by atoms with van der Waals surface area (Å²) >= 11 is 0. The summed E-state index contributed by atoms with van der Waals surface area (Å²) in [5, 5.41) is 0.877. The Hall–Kier alpha value is -2.96. The Balaban J connectivity index is 1.33. The number of benzene rings is 2. The van der Waals surface area contributed by atoms with E-state index in [4.69, 9.17) is 0 Å². The van der Waals surface area contributed by atoms with Crippen molar-refractivity contribution in [2.75, 3.05) is 0 Å². The molecular formula is C25H23F4N3. The van der Waals surface area contributed by atoms with E-state index in [1.54, 1.807) is 18.3 Å². The average molecular weight is 441 g/mol. The predicted octanol–water partition coefficient (Wildman–Crippen LogP) is 7.35. The van der Waals surface area contributed by atoms with E-state index in [1.807, 2.05) is 6.07 Å². The minimum atomic E-state index is -4.38. The fourth-order valence-electron chi connectivity index (χ4n) is 5.07. The maximum atomic E-state index is 13.8. The van der Waals surface area contributed by atoms with Crippen LogP contribution in [0.5, 0.6) is 0 Å². The van der Waals surface area contributed by atoms with Crippen LogP contribution in [0.4, 0.5) is 17.6 Å². The molecule has 1 atom stereocenters. The van der Waals surface area contributed by atoms with E-state index in [2.05, 4.69) is 21.9 Å². The molecule has 2 aromatic heterocycles. The molecular weight excluding hydrogens is 418 g/mol. The van der Waals surface area contributed by atoms with Gasteiger partial charge in [0, 0.05) is 17.5 Å². The summed E-state index contributed by atoms with van der Waals surface area (Å²) in [5.41, 5.74) is 2.24. The van der Waals surface area contributed by atoms with E-state index in [0.29, 0.717) is 22.9 Å². The van der Waals surface area contributed by atoms with Crippen LogP contribution in [0.15, 0.2) is 48.7 Å². The van der Waals surface area contributed by atoms with Crippen LogP contribution in [0.1, 0.15) is 61.4 Å². The number of H-pyrrole nitrogens is 1. The summed E-state index contributed by atoms with van der Waals surface area (Å²) in [6.07, 6.45) is 1.32. The lowest BCUT2D eigenvalue weighted by Crippen LogP contribution is -2.19. The number of nitrogens with zero attached hydrogens (tertiary/aromatic N) is 2. The Bertz CT molecular complexity index is 1270. The fourth-order valence-corrected chi connectivity index (χ4v) is 5.07. The molecule has 7 heteroatoms. The third-order valence-electron chi connectivity index (χ3n) is 6.92. The Kier molecular flexibility index (Phi) is 5.14. The smallest absolute Gasteiger partial charge is 0.342 e. The summed E-state index contributed by atoms with van der Waals surface area (Å²) in [6.45, 7) is 2.09. The van der Waals surface area contributed by atoms with Gasteiger partial charge in [0.05, 0.1) is 22.1 Å². The van der Waals surface area contributed by atoms with Crippen molar-refractivity contribution in [3.63, 3.8) is 0 Å². The molecule has 1 aliphatic rings. The normalized spacial score (nSPS) is 20.7. The van der Waals surface area contributed by atoms with Gasteiger partial charge < -0.3 is 4.98 Å². The molecule has 1 N–H and O–H groups in total. The molecule has 0 unspecified atom stereocenters. The Morgan fingerprint density at radius 2 is 1.75 bits per heavy atom. The molecule has 0 aliphatic heterocycles. The van der Waals surface area contributed by atoms with Crippen LogP contribution >= 0.6 is 0 Å². The van der Waals surface area contributed by atoms with E-state index < -0.39 is 11.7 Å². The number of aromatic nitrogens is 3. The lowest BCUT2D eigenvalue weighted by atomic mass is 9.73. The van der Waals surface area contributed by atoms with Gasteiger partial charge in [-0.3, -0.25) is 4.98 Å². The number of nitrogens with one attached hydrogen (secondary N) is 1. The van der Waals surface area contributed by atoms with E-state index in [0.717, 1.165) is 60.1 Å². The fraction of sp³-hybridized carbons (Fsp3) is 0.360. The highest BCUT2D eigenvalue weighted by molar-refractivity contribution is 5.82. The summed E-state index contributed by atoms with van der Waals surface area (Å²) in [6, 6.07) is 10.3. The van der Waals surface area contributed by atoms with Gasteiger partial charge in [-0.05, 0) is 85.5 Å². The first kappa shape index (κ1) is 20.9. The van der Waals surface area contributed by atoms with Crippen molar-refractivity contribution in [3.05, 3.63) is 71.4 Å². The number of hydrogen-bond acceptors (Lipinski definition) is 2. The van der Waals surface area contributed by atoms with Crippen molar-refractivity contribution in [1.82, 2.24) is 15.0 Å². The number of rotatable bonds is 3. The van der Waals surface area contributed by atoms with Crippen LogP contribution in [0.25, 0.3) is 21.9 Å². The number of pyridine rings is 1. The second-order valence-corrected chi connectivity index (χ2v) is 8.81. The van der Waals surface area contributed by atoms with Gasteiger partial charge in [-0.15, -0.1) is 0 Å². The number of halogens is 4.